The van der Waals surface area contributed by atoms with E-state index in [2.05, 4.69) is 9.97 Å². The normalized spacial score (nSPS) is 21.4. The summed E-state index contributed by atoms with van der Waals surface area (Å²) in [6, 6.07) is 0. The number of anilines is 1. The molecule has 0 aromatic carbocycles. The summed E-state index contributed by atoms with van der Waals surface area (Å²) < 4.78 is 22.3. The van der Waals surface area contributed by atoms with Crippen molar-refractivity contribution in [2.45, 2.75) is 11.7 Å². The van der Waals surface area contributed by atoms with E-state index in [0.29, 0.717) is 30.5 Å². The molecule has 2 N–H and O–H groups in total. The maximum atomic E-state index is 11.2. The topological polar surface area (TPSA) is 89.2 Å². The van der Waals surface area contributed by atoms with Crippen molar-refractivity contribution in [2.75, 3.05) is 18.0 Å². The lowest BCUT2D eigenvalue weighted by atomic mass is 10.4. The molecule has 2 rings (SSSR count). The summed E-state index contributed by atoms with van der Waals surface area (Å²) in [5.41, 5.74) is 0. The molecular formula is C8H11ClN4O2S. The van der Waals surface area contributed by atoms with Crippen LogP contribution in [0, 0.1) is 0 Å². The van der Waals surface area contributed by atoms with Crippen LogP contribution in [0.4, 0.5) is 5.95 Å². The summed E-state index contributed by atoms with van der Waals surface area (Å²) in [6.07, 6.45) is 3.47. The smallest absolute Gasteiger partial charge is 0.225 e. The molecule has 1 atom stereocenters. The van der Waals surface area contributed by atoms with Gasteiger partial charge in [-0.15, -0.1) is 0 Å². The van der Waals surface area contributed by atoms with E-state index < -0.39 is 15.3 Å². The van der Waals surface area contributed by atoms with Gasteiger partial charge < -0.3 is 4.90 Å². The number of aromatic nitrogens is 2. The molecule has 1 aliphatic rings. The average molecular weight is 263 g/mol. The lowest BCUT2D eigenvalue weighted by Gasteiger charge is -2.15. The van der Waals surface area contributed by atoms with E-state index in [0.717, 1.165) is 0 Å². The number of nitrogens with two attached hydrogens (primary N) is 1. The van der Waals surface area contributed by atoms with Crippen molar-refractivity contribution >= 4 is 27.6 Å². The molecule has 2 heterocycles. The average Bonchev–Trinajstić information content (AvgIpc) is 2.67. The predicted octanol–water partition coefficient (Wildman–Crippen LogP) is -0.00280. The highest BCUT2D eigenvalue weighted by Gasteiger charge is 2.31. The van der Waals surface area contributed by atoms with Crippen molar-refractivity contribution in [3.63, 3.8) is 0 Å². The van der Waals surface area contributed by atoms with Gasteiger partial charge in [-0.2, -0.15) is 0 Å². The second-order valence-electron chi connectivity index (χ2n) is 3.65. The monoisotopic (exact) mass is 262 g/mol. The van der Waals surface area contributed by atoms with E-state index in [4.69, 9.17) is 16.7 Å². The molecule has 1 aliphatic heterocycles. The van der Waals surface area contributed by atoms with Gasteiger partial charge in [-0.3, -0.25) is 0 Å². The first kappa shape index (κ1) is 11.6. The SMILES string of the molecule is NS(=O)(=O)[C@H]1CCN(c2ncc(Cl)cn2)C1. The van der Waals surface area contributed by atoms with Gasteiger partial charge in [0.1, 0.15) is 0 Å². The zero-order valence-electron chi connectivity index (χ0n) is 8.38. The molecule has 0 unspecified atom stereocenters. The number of nitrogens with zero attached hydrogens (tertiary/aromatic N) is 3. The molecule has 0 aliphatic carbocycles. The van der Waals surface area contributed by atoms with E-state index in [-0.39, 0.29) is 0 Å². The highest BCUT2D eigenvalue weighted by Crippen LogP contribution is 2.19. The second kappa shape index (κ2) is 4.15. The maximum absolute atomic E-state index is 11.2. The number of primary sulfonamides is 1. The van der Waals surface area contributed by atoms with Crippen molar-refractivity contribution in [1.82, 2.24) is 9.97 Å². The summed E-state index contributed by atoms with van der Waals surface area (Å²) in [7, 11) is -3.47. The third-order valence-electron chi connectivity index (χ3n) is 2.50. The highest BCUT2D eigenvalue weighted by molar-refractivity contribution is 7.89. The first-order chi connectivity index (χ1) is 7.47. The fourth-order valence-corrected chi connectivity index (χ4v) is 2.57. The van der Waals surface area contributed by atoms with Crippen molar-refractivity contribution < 1.29 is 8.42 Å². The predicted molar refractivity (Wildman–Crippen MR) is 60.8 cm³/mol. The molecule has 0 radical (unpaired) electrons. The van der Waals surface area contributed by atoms with Crippen LogP contribution < -0.4 is 10.0 Å². The summed E-state index contributed by atoms with van der Waals surface area (Å²) in [5.74, 6) is 0.482. The largest absolute Gasteiger partial charge is 0.339 e. The van der Waals surface area contributed by atoms with Gasteiger partial charge in [-0.1, -0.05) is 11.6 Å². The van der Waals surface area contributed by atoms with Gasteiger partial charge >= 0.3 is 0 Å². The van der Waals surface area contributed by atoms with Crippen LogP contribution in [0.2, 0.25) is 5.02 Å². The van der Waals surface area contributed by atoms with Gasteiger partial charge in [0.05, 0.1) is 22.7 Å². The Kier molecular flexibility index (Phi) is 3.00. The van der Waals surface area contributed by atoms with Crippen LogP contribution in [0.15, 0.2) is 12.4 Å². The Balaban J connectivity index is 2.12. The van der Waals surface area contributed by atoms with Gasteiger partial charge in [0.15, 0.2) is 0 Å². The van der Waals surface area contributed by atoms with E-state index in [1.54, 1.807) is 4.90 Å². The number of rotatable bonds is 2. The molecule has 1 saturated heterocycles. The van der Waals surface area contributed by atoms with Crippen LogP contribution in [-0.4, -0.2) is 36.7 Å². The van der Waals surface area contributed by atoms with Crippen molar-refractivity contribution in [3.05, 3.63) is 17.4 Å². The summed E-state index contributed by atoms with van der Waals surface area (Å²) in [4.78, 5) is 9.83. The minimum absolute atomic E-state index is 0.334. The zero-order chi connectivity index (χ0) is 11.8. The number of halogens is 1. The lowest BCUT2D eigenvalue weighted by molar-refractivity contribution is 0.585. The molecule has 1 aromatic heterocycles. The first-order valence-electron chi connectivity index (χ1n) is 4.71. The lowest BCUT2D eigenvalue weighted by Crippen LogP contribution is -2.32. The van der Waals surface area contributed by atoms with Gasteiger partial charge in [0, 0.05) is 13.1 Å². The van der Waals surface area contributed by atoms with Crippen LogP contribution >= 0.6 is 11.6 Å². The Morgan fingerprint density at radius 2 is 2.06 bits per heavy atom. The molecule has 6 nitrogen and oxygen atoms in total. The van der Waals surface area contributed by atoms with Crippen LogP contribution in [0.3, 0.4) is 0 Å². The van der Waals surface area contributed by atoms with Crippen LogP contribution in [0.5, 0.6) is 0 Å². The summed E-state index contributed by atoms with van der Waals surface area (Å²) in [6.45, 7) is 0.920. The number of sulfonamides is 1. The quantitative estimate of drug-likeness (QED) is 0.810. The van der Waals surface area contributed by atoms with E-state index in [1.165, 1.54) is 12.4 Å². The second-order valence-corrected chi connectivity index (χ2v) is 5.93. The molecule has 0 saturated carbocycles. The molecule has 1 fully saturated rings. The zero-order valence-corrected chi connectivity index (χ0v) is 9.95. The molecular weight excluding hydrogens is 252 g/mol. The van der Waals surface area contributed by atoms with Crippen LogP contribution in [0.1, 0.15) is 6.42 Å². The molecule has 1 aromatic rings. The standard InChI is InChI=1S/C8H11ClN4O2S/c9-6-3-11-8(12-4-6)13-2-1-7(5-13)16(10,14)15/h3-4,7H,1-2,5H2,(H2,10,14,15)/t7-/m0/s1. The van der Waals surface area contributed by atoms with Crippen molar-refractivity contribution in [3.8, 4) is 0 Å². The molecule has 16 heavy (non-hydrogen) atoms. The molecule has 0 amide bonds. The minimum Gasteiger partial charge on any atom is -0.339 e. The Labute approximate surface area is 98.5 Å². The molecule has 8 heteroatoms. The number of hydrogen-bond donors (Lipinski definition) is 1. The van der Waals surface area contributed by atoms with E-state index in [1.807, 2.05) is 0 Å². The molecule has 88 valence electrons. The Morgan fingerprint density at radius 3 is 2.56 bits per heavy atom. The maximum Gasteiger partial charge on any atom is 0.225 e. The minimum atomic E-state index is -3.47. The van der Waals surface area contributed by atoms with Gasteiger partial charge in [-0.25, -0.2) is 23.5 Å². The van der Waals surface area contributed by atoms with Gasteiger partial charge in [-0.05, 0) is 6.42 Å². The highest BCUT2D eigenvalue weighted by atomic mass is 35.5. The summed E-state index contributed by atoms with van der Waals surface area (Å²) >= 11 is 5.66. The van der Waals surface area contributed by atoms with Crippen LogP contribution in [0.25, 0.3) is 0 Å². The van der Waals surface area contributed by atoms with E-state index in [9.17, 15) is 8.42 Å². The Bertz CT molecular complexity index is 475. The van der Waals surface area contributed by atoms with Crippen LogP contribution in [-0.2, 0) is 10.0 Å². The van der Waals surface area contributed by atoms with Crippen molar-refractivity contribution in [2.24, 2.45) is 5.14 Å². The number of hydrogen-bond acceptors (Lipinski definition) is 5. The van der Waals surface area contributed by atoms with Gasteiger partial charge in [0.25, 0.3) is 0 Å². The molecule has 0 spiro atoms. The fraction of sp³-hybridized carbons (Fsp3) is 0.500. The fourth-order valence-electron chi connectivity index (χ4n) is 1.65. The molecule has 0 bridgehead atoms. The van der Waals surface area contributed by atoms with Gasteiger partial charge in [0.2, 0.25) is 16.0 Å². The summed E-state index contributed by atoms with van der Waals surface area (Å²) in [5, 5.41) is 5.00. The Morgan fingerprint density at radius 1 is 1.44 bits per heavy atom. The van der Waals surface area contributed by atoms with Crippen molar-refractivity contribution in [1.29, 1.82) is 0 Å². The third kappa shape index (κ3) is 2.42. The Hall–Kier alpha value is -0.920. The first-order valence-corrected chi connectivity index (χ1v) is 6.69. The van der Waals surface area contributed by atoms with E-state index >= 15 is 0 Å². The third-order valence-corrected chi connectivity index (χ3v) is 4.01.